The Balaban J connectivity index is 1.92. The van der Waals surface area contributed by atoms with Gasteiger partial charge >= 0.3 is 0 Å². The molecule has 0 spiro atoms. The van der Waals surface area contributed by atoms with E-state index in [0.717, 1.165) is 36.4 Å². The molecule has 0 radical (unpaired) electrons. The van der Waals surface area contributed by atoms with Crippen molar-refractivity contribution >= 4 is 11.4 Å². The molecule has 3 nitrogen and oxygen atoms in total. The third-order valence-electron chi connectivity index (χ3n) is 3.92. The molecule has 0 saturated carbocycles. The first-order valence-electron chi connectivity index (χ1n) is 7.13. The fraction of sp³-hybridized carbons (Fsp3) is 0.294. The van der Waals surface area contributed by atoms with E-state index < -0.39 is 0 Å². The van der Waals surface area contributed by atoms with Crippen LogP contribution >= 0.6 is 0 Å². The number of methoxy groups -OCH3 is 1. The van der Waals surface area contributed by atoms with Gasteiger partial charge in [-0.3, -0.25) is 0 Å². The van der Waals surface area contributed by atoms with Crippen LogP contribution in [0.4, 0.5) is 15.8 Å². The number of aryl methyl sites for hydroxylation is 1. The normalized spacial score (nSPS) is 13.9. The number of hydrogen-bond donors (Lipinski definition) is 1. The number of anilines is 2. The van der Waals surface area contributed by atoms with Crippen LogP contribution in [0.2, 0.25) is 0 Å². The molecule has 1 heterocycles. The highest BCUT2D eigenvalue weighted by Crippen LogP contribution is 2.31. The van der Waals surface area contributed by atoms with E-state index in [1.165, 1.54) is 17.3 Å². The highest BCUT2D eigenvalue weighted by atomic mass is 19.1. The first-order chi connectivity index (χ1) is 10.2. The van der Waals surface area contributed by atoms with Crippen LogP contribution in [0.3, 0.4) is 0 Å². The van der Waals surface area contributed by atoms with Gasteiger partial charge in [-0.2, -0.15) is 0 Å². The van der Waals surface area contributed by atoms with E-state index in [0.29, 0.717) is 6.54 Å². The van der Waals surface area contributed by atoms with E-state index in [1.54, 1.807) is 19.2 Å². The maximum Gasteiger partial charge on any atom is 0.124 e. The lowest BCUT2D eigenvalue weighted by Crippen LogP contribution is -2.29. The quantitative estimate of drug-likeness (QED) is 0.879. The van der Waals surface area contributed by atoms with Gasteiger partial charge in [0.05, 0.1) is 7.11 Å². The summed E-state index contributed by atoms with van der Waals surface area (Å²) in [7, 11) is 1.61. The summed E-state index contributed by atoms with van der Waals surface area (Å²) in [5.41, 5.74) is 9.95. The topological polar surface area (TPSA) is 38.5 Å². The Hall–Kier alpha value is -2.23. The van der Waals surface area contributed by atoms with Crippen LogP contribution in [0.15, 0.2) is 36.4 Å². The minimum absolute atomic E-state index is 0.236. The average molecular weight is 286 g/mol. The van der Waals surface area contributed by atoms with Crippen LogP contribution in [0.5, 0.6) is 5.75 Å². The second kappa shape index (κ2) is 5.64. The van der Waals surface area contributed by atoms with Crippen LogP contribution in [-0.2, 0) is 13.0 Å². The first-order valence-corrected chi connectivity index (χ1v) is 7.13. The molecular weight excluding hydrogens is 267 g/mol. The number of rotatable bonds is 3. The summed E-state index contributed by atoms with van der Waals surface area (Å²) in [4.78, 5) is 2.26. The maximum absolute atomic E-state index is 13.5. The Bertz CT molecular complexity index is 657. The molecule has 0 atom stereocenters. The van der Waals surface area contributed by atoms with E-state index in [9.17, 15) is 4.39 Å². The van der Waals surface area contributed by atoms with Crippen LogP contribution < -0.4 is 15.4 Å². The molecule has 0 bridgehead atoms. The molecule has 4 heteroatoms. The minimum Gasteiger partial charge on any atom is -0.496 e. The SMILES string of the molecule is COc1ccc(F)cc1CN1CCCc2cc(N)ccc21. The molecule has 21 heavy (non-hydrogen) atoms. The summed E-state index contributed by atoms with van der Waals surface area (Å²) in [6.45, 7) is 1.59. The number of nitrogens with two attached hydrogens (primary N) is 1. The zero-order valence-corrected chi connectivity index (χ0v) is 12.1. The molecular formula is C17H19FN2O. The van der Waals surface area contributed by atoms with Gasteiger partial charge in [0.1, 0.15) is 11.6 Å². The van der Waals surface area contributed by atoms with Gasteiger partial charge in [0.2, 0.25) is 0 Å². The van der Waals surface area contributed by atoms with Gasteiger partial charge in [-0.1, -0.05) is 0 Å². The summed E-state index contributed by atoms with van der Waals surface area (Å²) in [6.07, 6.45) is 2.12. The van der Waals surface area contributed by atoms with Crippen LogP contribution in [0, 0.1) is 5.82 Å². The fourth-order valence-electron chi connectivity index (χ4n) is 2.94. The minimum atomic E-state index is -0.236. The molecule has 1 aliphatic rings. The van der Waals surface area contributed by atoms with Gasteiger partial charge in [-0.05, 0) is 54.8 Å². The molecule has 2 aromatic carbocycles. The molecule has 110 valence electrons. The Morgan fingerprint density at radius 1 is 1.24 bits per heavy atom. The summed E-state index contributed by atoms with van der Waals surface area (Å²) in [5, 5.41) is 0. The lowest BCUT2D eigenvalue weighted by atomic mass is 10.00. The molecule has 0 unspecified atom stereocenters. The van der Waals surface area contributed by atoms with Crippen molar-refractivity contribution in [2.24, 2.45) is 0 Å². The Kier molecular flexibility index (Phi) is 3.69. The van der Waals surface area contributed by atoms with Gasteiger partial charge < -0.3 is 15.4 Å². The molecule has 0 amide bonds. The van der Waals surface area contributed by atoms with Gasteiger partial charge in [-0.15, -0.1) is 0 Å². The predicted molar refractivity (Wildman–Crippen MR) is 83.2 cm³/mol. The third kappa shape index (κ3) is 2.79. The highest BCUT2D eigenvalue weighted by Gasteiger charge is 2.18. The number of halogens is 1. The molecule has 1 aliphatic heterocycles. The zero-order chi connectivity index (χ0) is 14.8. The van der Waals surface area contributed by atoms with E-state index in [-0.39, 0.29) is 5.82 Å². The van der Waals surface area contributed by atoms with Crippen LogP contribution in [-0.4, -0.2) is 13.7 Å². The van der Waals surface area contributed by atoms with Crippen molar-refractivity contribution in [1.29, 1.82) is 0 Å². The van der Waals surface area contributed by atoms with Gasteiger partial charge in [0.25, 0.3) is 0 Å². The molecule has 0 saturated heterocycles. The van der Waals surface area contributed by atoms with Crippen LogP contribution in [0.25, 0.3) is 0 Å². The summed E-state index contributed by atoms with van der Waals surface area (Å²) < 4.78 is 18.8. The number of ether oxygens (including phenoxy) is 1. The summed E-state index contributed by atoms with van der Waals surface area (Å²) >= 11 is 0. The molecule has 0 fully saturated rings. The highest BCUT2D eigenvalue weighted by molar-refractivity contribution is 5.61. The van der Waals surface area contributed by atoms with Crippen molar-refractivity contribution in [3.8, 4) is 5.75 Å². The van der Waals surface area contributed by atoms with Gasteiger partial charge in [0, 0.05) is 30.0 Å². The summed E-state index contributed by atoms with van der Waals surface area (Å²) in [6, 6.07) is 10.6. The Morgan fingerprint density at radius 3 is 2.90 bits per heavy atom. The largest absolute Gasteiger partial charge is 0.496 e. The van der Waals surface area contributed by atoms with Crippen LogP contribution in [0.1, 0.15) is 17.5 Å². The summed E-state index contributed by atoms with van der Waals surface area (Å²) in [5.74, 6) is 0.485. The average Bonchev–Trinajstić information content (AvgIpc) is 2.47. The van der Waals surface area contributed by atoms with Crippen molar-refractivity contribution in [3.63, 3.8) is 0 Å². The van der Waals surface area contributed by atoms with E-state index in [4.69, 9.17) is 10.5 Å². The third-order valence-corrected chi connectivity index (χ3v) is 3.92. The lowest BCUT2D eigenvalue weighted by Gasteiger charge is -2.32. The van der Waals surface area contributed by atoms with Gasteiger partial charge in [0.15, 0.2) is 0 Å². The number of nitrogens with zero attached hydrogens (tertiary/aromatic N) is 1. The number of nitrogen functional groups attached to an aromatic ring is 1. The number of fused-ring (bicyclic) bond motifs is 1. The van der Waals surface area contributed by atoms with Crippen molar-refractivity contribution in [2.45, 2.75) is 19.4 Å². The maximum atomic E-state index is 13.5. The van der Waals surface area contributed by atoms with E-state index in [2.05, 4.69) is 11.0 Å². The lowest BCUT2D eigenvalue weighted by molar-refractivity contribution is 0.407. The second-order valence-corrected chi connectivity index (χ2v) is 5.37. The first kappa shape index (κ1) is 13.7. The fourth-order valence-corrected chi connectivity index (χ4v) is 2.94. The standard InChI is InChI=1S/C17H19FN2O/c1-21-17-7-4-14(18)9-13(17)11-20-8-2-3-12-10-15(19)5-6-16(12)20/h4-7,9-10H,2-3,8,11,19H2,1H3. The van der Waals surface area contributed by atoms with E-state index in [1.807, 2.05) is 12.1 Å². The second-order valence-electron chi connectivity index (χ2n) is 5.37. The van der Waals surface area contributed by atoms with Crippen molar-refractivity contribution in [2.75, 3.05) is 24.3 Å². The molecule has 0 aromatic heterocycles. The van der Waals surface area contributed by atoms with Crippen molar-refractivity contribution in [3.05, 3.63) is 53.3 Å². The Labute approximate surface area is 124 Å². The molecule has 0 aliphatic carbocycles. The monoisotopic (exact) mass is 286 g/mol. The number of benzene rings is 2. The zero-order valence-electron chi connectivity index (χ0n) is 12.1. The number of hydrogen-bond acceptors (Lipinski definition) is 3. The Morgan fingerprint density at radius 2 is 2.10 bits per heavy atom. The molecule has 2 N–H and O–H groups in total. The van der Waals surface area contributed by atoms with E-state index >= 15 is 0 Å². The smallest absolute Gasteiger partial charge is 0.124 e. The molecule has 2 aromatic rings. The van der Waals surface area contributed by atoms with Crippen molar-refractivity contribution < 1.29 is 9.13 Å². The molecule has 3 rings (SSSR count). The van der Waals surface area contributed by atoms with Gasteiger partial charge in [-0.25, -0.2) is 4.39 Å². The van der Waals surface area contributed by atoms with Crippen molar-refractivity contribution in [1.82, 2.24) is 0 Å². The predicted octanol–water partition coefficient (Wildman–Crippen LogP) is 3.37.